The van der Waals surface area contributed by atoms with Crippen molar-refractivity contribution >= 4 is 22.6 Å². The smallest absolute Gasteiger partial charge is 0.225 e. The monoisotopic (exact) mass is 419 g/mol. The van der Waals surface area contributed by atoms with E-state index in [4.69, 9.17) is 14.7 Å². The van der Waals surface area contributed by atoms with Crippen LogP contribution in [-0.2, 0) is 22.5 Å². The topological polar surface area (TPSA) is 74.4 Å². The van der Waals surface area contributed by atoms with Crippen molar-refractivity contribution in [3.63, 3.8) is 0 Å². The Balaban J connectivity index is 1.64. The number of nitrogens with one attached hydrogen (secondary N) is 1. The number of rotatable bonds is 3. The minimum absolute atomic E-state index is 0.0151. The standard InChI is InChI=1S/C24H29N5O2/c1-15(2)24(30)28-10-8-21-19(13-28)23(29-11-12-31-14-16(29)3)27-22(26-21)18-5-4-6-20-17(18)7-9-25-20/h4-7,9,15-16,25H,8,10-14H2,1-3H3/t16-/m1/s1. The van der Waals surface area contributed by atoms with Crippen molar-refractivity contribution in [2.24, 2.45) is 5.92 Å². The van der Waals surface area contributed by atoms with Crippen molar-refractivity contribution in [2.45, 2.75) is 39.8 Å². The Morgan fingerprint density at radius 3 is 2.90 bits per heavy atom. The molecule has 3 aromatic rings. The highest BCUT2D eigenvalue weighted by atomic mass is 16.5. The molecule has 1 fully saturated rings. The fourth-order valence-electron chi connectivity index (χ4n) is 4.63. The fraction of sp³-hybridized carbons (Fsp3) is 0.458. The maximum Gasteiger partial charge on any atom is 0.225 e. The van der Waals surface area contributed by atoms with Gasteiger partial charge in [0.1, 0.15) is 5.82 Å². The SMILES string of the molecule is CC(C)C(=O)N1CCc2nc(-c3cccc4[nH]ccc34)nc(N3CCOC[C@H]3C)c2C1. The molecule has 1 saturated heterocycles. The van der Waals surface area contributed by atoms with Gasteiger partial charge in [0.25, 0.3) is 0 Å². The third kappa shape index (κ3) is 3.57. The number of anilines is 1. The Labute approximate surface area is 182 Å². The summed E-state index contributed by atoms with van der Waals surface area (Å²) in [6, 6.07) is 8.49. The highest BCUT2D eigenvalue weighted by Crippen LogP contribution is 2.34. The Hall–Kier alpha value is -2.93. The summed E-state index contributed by atoms with van der Waals surface area (Å²) in [4.78, 5) is 30.4. The number of hydrogen-bond donors (Lipinski definition) is 1. The molecule has 4 heterocycles. The van der Waals surface area contributed by atoms with Gasteiger partial charge in [0.15, 0.2) is 5.82 Å². The minimum atomic E-state index is -0.0151. The van der Waals surface area contributed by atoms with Gasteiger partial charge in [-0.05, 0) is 19.1 Å². The normalized spacial score (nSPS) is 19.2. The zero-order valence-electron chi connectivity index (χ0n) is 18.4. The first-order chi connectivity index (χ1) is 15.0. The largest absolute Gasteiger partial charge is 0.377 e. The molecule has 2 aliphatic heterocycles. The van der Waals surface area contributed by atoms with E-state index in [0.717, 1.165) is 52.3 Å². The molecule has 2 aromatic heterocycles. The van der Waals surface area contributed by atoms with E-state index in [1.54, 1.807) is 0 Å². The van der Waals surface area contributed by atoms with E-state index >= 15 is 0 Å². The molecule has 1 N–H and O–H groups in total. The minimum Gasteiger partial charge on any atom is -0.377 e. The van der Waals surface area contributed by atoms with Gasteiger partial charge in [0.05, 0.1) is 31.5 Å². The van der Waals surface area contributed by atoms with Crippen LogP contribution in [-0.4, -0.2) is 58.1 Å². The lowest BCUT2D eigenvalue weighted by Gasteiger charge is -2.38. The summed E-state index contributed by atoms with van der Waals surface area (Å²) in [6.45, 7) is 9.50. The molecule has 1 aromatic carbocycles. The Bertz CT molecular complexity index is 1120. The van der Waals surface area contributed by atoms with Crippen LogP contribution in [0.1, 0.15) is 32.0 Å². The molecule has 7 heteroatoms. The van der Waals surface area contributed by atoms with Crippen molar-refractivity contribution in [1.82, 2.24) is 19.9 Å². The molecule has 0 aliphatic carbocycles. The van der Waals surface area contributed by atoms with Crippen molar-refractivity contribution < 1.29 is 9.53 Å². The maximum absolute atomic E-state index is 12.7. The zero-order chi connectivity index (χ0) is 21.5. The van der Waals surface area contributed by atoms with Crippen LogP contribution in [0.3, 0.4) is 0 Å². The van der Waals surface area contributed by atoms with E-state index in [0.29, 0.717) is 26.3 Å². The van der Waals surface area contributed by atoms with E-state index in [2.05, 4.69) is 35.0 Å². The van der Waals surface area contributed by atoms with Gasteiger partial charge in [-0.1, -0.05) is 26.0 Å². The van der Waals surface area contributed by atoms with E-state index in [9.17, 15) is 4.79 Å². The first-order valence-electron chi connectivity index (χ1n) is 11.1. The van der Waals surface area contributed by atoms with Crippen LogP contribution in [0, 0.1) is 5.92 Å². The van der Waals surface area contributed by atoms with Crippen LogP contribution in [0.4, 0.5) is 5.82 Å². The summed E-state index contributed by atoms with van der Waals surface area (Å²) in [6.07, 6.45) is 2.70. The first-order valence-corrected chi connectivity index (χ1v) is 11.1. The summed E-state index contributed by atoms with van der Waals surface area (Å²) in [5.41, 5.74) is 4.25. The second-order valence-corrected chi connectivity index (χ2v) is 8.82. The Morgan fingerprint density at radius 1 is 1.23 bits per heavy atom. The summed E-state index contributed by atoms with van der Waals surface area (Å²) >= 11 is 0. The van der Waals surface area contributed by atoms with Gasteiger partial charge < -0.3 is 19.5 Å². The van der Waals surface area contributed by atoms with Gasteiger partial charge in [-0.15, -0.1) is 0 Å². The number of carbonyl (C=O) groups is 1. The quantitative estimate of drug-likeness (QED) is 0.704. The number of hydrogen-bond acceptors (Lipinski definition) is 5. The van der Waals surface area contributed by atoms with Crippen LogP contribution in [0.15, 0.2) is 30.5 Å². The molecule has 162 valence electrons. The molecule has 31 heavy (non-hydrogen) atoms. The van der Waals surface area contributed by atoms with E-state index in [1.807, 2.05) is 31.0 Å². The Kier molecular flexibility index (Phi) is 5.14. The number of ether oxygens (including phenoxy) is 1. The zero-order valence-corrected chi connectivity index (χ0v) is 18.4. The van der Waals surface area contributed by atoms with Crippen molar-refractivity contribution in [1.29, 1.82) is 0 Å². The lowest BCUT2D eigenvalue weighted by Crippen LogP contribution is -2.46. The number of fused-ring (bicyclic) bond motifs is 2. The van der Waals surface area contributed by atoms with Gasteiger partial charge in [-0.2, -0.15) is 0 Å². The number of aromatic nitrogens is 3. The van der Waals surface area contributed by atoms with Gasteiger partial charge >= 0.3 is 0 Å². The molecule has 0 unspecified atom stereocenters. The number of nitrogens with zero attached hydrogens (tertiary/aromatic N) is 4. The number of aromatic amines is 1. The Morgan fingerprint density at radius 2 is 2.10 bits per heavy atom. The molecule has 0 bridgehead atoms. The third-order valence-corrected chi connectivity index (χ3v) is 6.32. The van der Waals surface area contributed by atoms with E-state index in [1.165, 1.54) is 0 Å². The molecule has 7 nitrogen and oxygen atoms in total. The molecule has 1 atom stereocenters. The molecule has 1 amide bonds. The van der Waals surface area contributed by atoms with Crippen LogP contribution < -0.4 is 4.90 Å². The van der Waals surface area contributed by atoms with Gasteiger partial charge in [-0.3, -0.25) is 4.79 Å². The number of H-pyrrole nitrogens is 1. The number of carbonyl (C=O) groups excluding carboxylic acids is 1. The highest BCUT2D eigenvalue weighted by Gasteiger charge is 2.31. The molecular formula is C24H29N5O2. The first kappa shape index (κ1) is 20.0. The summed E-state index contributed by atoms with van der Waals surface area (Å²) < 4.78 is 5.68. The van der Waals surface area contributed by atoms with Crippen LogP contribution >= 0.6 is 0 Å². The van der Waals surface area contributed by atoms with Crippen molar-refractivity contribution in [3.8, 4) is 11.4 Å². The van der Waals surface area contributed by atoms with Gasteiger partial charge in [0.2, 0.25) is 5.91 Å². The van der Waals surface area contributed by atoms with Crippen molar-refractivity contribution in [3.05, 3.63) is 41.7 Å². The molecular weight excluding hydrogens is 390 g/mol. The van der Waals surface area contributed by atoms with Crippen LogP contribution in [0.5, 0.6) is 0 Å². The lowest BCUT2D eigenvalue weighted by molar-refractivity contribution is -0.135. The second kappa shape index (κ2) is 7.96. The van der Waals surface area contributed by atoms with E-state index in [-0.39, 0.29) is 17.9 Å². The predicted octanol–water partition coefficient (Wildman–Crippen LogP) is 3.39. The van der Waals surface area contributed by atoms with Gasteiger partial charge in [0, 0.05) is 53.7 Å². The second-order valence-electron chi connectivity index (χ2n) is 8.82. The molecule has 0 saturated carbocycles. The average molecular weight is 420 g/mol. The maximum atomic E-state index is 12.7. The molecule has 5 rings (SSSR count). The van der Waals surface area contributed by atoms with E-state index < -0.39 is 0 Å². The van der Waals surface area contributed by atoms with Crippen molar-refractivity contribution in [2.75, 3.05) is 31.2 Å². The summed E-state index contributed by atoms with van der Waals surface area (Å²) in [7, 11) is 0. The number of amides is 1. The average Bonchev–Trinajstić information content (AvgIpc) is 3.27. The van der Waals surface area contributed by atoms with Gasteiger partial charge in [-0.25, -0.2) is 9.97 Å². The highest BCUT2D eigenvalue weighted by molar-refractivity contribution is 5.93. The molecule has 0 radical (unpaired) electrons. The molecule has 2 aliphatic rings. The summed E-state index contributed by atoms with van der Waals surface area (Å²) in [5.74, 6) is 1.87. The predicted molar refractivity (Wildman–Crippen MR) is 121 cm³/mol. The third-order valence-electron chi connectivity index (χ3n) is 6.32. The number of benzene rings is 1. The van der Waals surface area contributed by atoms with Crippen LogP contribution in [0.25, 0.3) is 22.3 Å². The molecule has 0 spiro atoms. The fourth-order valence-corrected chi connectivity index (χ4v) is 4.63. The summed E-state index contributed by atoms with van der Waals surface area (Å²) in [5, 5.41) is 1.12. The van der Waals surface area contributed by atoms with Crippen LogP contribution in [0.2, 0.25) is 0 Å². The lowest BCUT2D eigenvalue weighted by atomic mass is 10.0. The number of morpholine rings is 1.